The average molecular weight is 244 g/mol. The molecule has 96 valence electrons. The van der Waals surface area contributed by atoms with E-state index in [0.717, 1.165) is 31.6 Å². The highest BCUT2D eigenvalue weighted by atomic mass is 16.3. The molecule has 0 radical (unpaired) electrons. The van der Waals surface area contributed by atoms with Gasteiger partial charge in [0.25, 0.3) is 0 Å². The van der Waals surface area contributed by atoms with Crippen molar-refractivity contribution in [3.8, 4) is 0 Å². The molecule has 0 unspecified atom stereocenters. The Labute approximate surface area is 108 Å². The largest absolute Gasteiger partial charge is 0.396 e. The molecule has 18 heavy (non-hydrogen) atoms. The van der Waals surface area contributed by atoms with Crippen LogP contribution >= 0.6 is 0 Å². The summed E-state index contributed by atoms with van der Waals surface area (Å²) in [5.74, 6) is 0. The van der Waals surface area contributed by atoms with Crippen LogP contribution in [0.2, 0.25) is 0 Å². The van der Waals surface area contributed by atoms with Crippen molar-refractivity contribution in [1.29, 1.82) is 0 Å². The smallest absolute Gasteiger partial charge is 0.0702 e. The Morgan fingerprint density at radius 3 is 2.94 bits per heavy atom. The number of hydrogen-bond donors (Lipinski definition) is 1. The number of aliphatic hydroxyl groups excluding tert-OH is 1. The van der Waals surface area contributed by atoms with Crippen molar-refractivity contribution in [1.82, 2.24) is 9.88 Å². The standard InChI is InChI=1S/C15H20N2O/c1-2-17(9-4-10-18)12-13-6-7-15-14(11-13)5-3-8-16-15/h3,5-8,11,18H,2,4,9-10,12H2,1H3. The van der Waals surface area contributed by atoms with Crippen LogP contribution < -0.4 is 0 Å². The van der Waals surface area contributed by atoms with Crippen LogP contribution in [0.15, 0.2) is 36.5 Å². The molecule has 0 spiro atoms. The molecule has 0 saturated heterocycles. The van der Waals surface area contributed by atoms with Crippen molar-refractivity contribution in [2.75, 3.05) is 19.7 Å². The van der Waals surface area contributed by atoms with Crippen LogP contribution in [0.5, 0.6) is 0 Å². The summed E-state index contributed by atoms with van der Waals surface area (Å²) >= 11 is 0. The molecule has 0 saturated carbocycles. The van der Waals surface area contributed by atoms with E-state index in [-0.39, 0.29) is 6.61 Å². The second kappa shape index (κ2) is 6.47. The van der Waals surface area contributed by atoms with E-state index in [0.29, 0.717) is 0 Å². The zero-order valence-electron chi connectivity index (χ0n) is 10.8. The van der Waals surface area contributed by atoms with Crippen LogP contribution in [-0.4, -0.2) is 34.7 Å². The fraction of sp³-hybridized carbons (Fsp3) is 0.400. The minimum Gasteiger partial charge on any atom is -0.396 e. The number of rotatable bonds is 6. The molecule has 3 nitrogen and oxygen atoms in total. The Morgan fingerprint density at radius 1 is 1.28 bits per heavy atom. The lowest BCUT2D eigenvalue weighted by Gasteiger charge is -2.20. The van der Waals surface area contributed by atoms with Crippen LogP contribution in [0, 0.1) is 0 Å². The molecule has 0 atom stereocenters. The molecule has 3 heteroatoms. The summed E-state index contributed by atoms with van der Waals surface area (Å²) < 4.78 is 0. The molecule has 0 fully saturated rings. The lowest BCUT2D eigenvalue weighted by Crippen LogP contribution is -2.24. The number of hydrogen-bond acceptors (Lipinski definition) is 3. The number of pyridine rings is 1. The van der Waals surface area contributed by atoms with Gasteiger partial charge in [0.2, 0.25) is 0 Å². The van der Waals surface area contributed by atoms with E-state index in [1.165, 1.54) is 10.9 Å². The van der Waals surface area contributed by atoms with Crippen molar-refractivity contribution in [2.45, 2.75) is 19.9 Å². The zero-order valence-corrected chi connectivity index (χ0v) is 10.8. The van der Waals surface area contributed by atoms with Gasteiger partial charge >= 0.3 is 0 Å². The molecule has 0 aliphatic heterocycles. The Morgan fingerprint density at radius 2 is 2.17 bits per heavy atom. The molecule has 1 N–H and O–H groups in total. The van der Waals surface area contributed by atoms with Gasteiger partial charge < -0.3 is 5.11 Å². The predicted molar refractivity (Wildman–Crippen MR) is 74.4 cm³/mol. The summed E-state index contributed by atoms with van der Waals surface area (Å²) in [5, 5.41) is 10.1. The second-order valence-electron chi connectivity index (χ2n) is 4.48. The van der Waals surface area contributed by atoms with Crippen LogP contribution in [0.3, 0.4) is 0 Å². The van der Waals surface area contributed by atoms with Crippen molar-refractivity contribution < 1.29 is 5.11 Å². The summed E-state index contributed by atoms with van der Waals surface area (Å²) in [4.78, 5) is 6.67. The monoisotopic (exact) mass is 244 g/mol. The van der Waals surface area contributed by atoms with E-state index in [1.807, 2.05) is 12.3 Å². The van der Waals surface area contributed by atoms with E-state index in [1.54, 1.807) is 0 Å². The molecular weight excluding hydrogens is 224 g/mol. The van der Waals surface area contributed by atoms with Gasteiger partial charge in [0.15, 0.2) is 0 Å². The van der Waals surface area contributed by atoms with Crippen molar-refractivity contribution in [3.05, 3.63) is 42.1 Å². The summed E-state index contributed by atoms with van der Waals surface area (Å²) in [7, 11) is 0. The lowest BCUT2D eigenvalue weighted by molar-refractivity contribution is 0.225. The Bertz CT molecular complexity index is 499. The zero-order chi connectivity index (χ0) is 12.8. The van der Waals surface area contributed by atoms with E-state index in [9.17, 15) is 0 Å². The van der Waals surface area contributed by atoms with Gasteiger partial charge in [0.1, 0.15) is 0 Å². The molecule has 0 amide bonds. The van der Waals surface area contributed by atoms with Gasteiger partial charge in [0, 0.05) is 31.3 Å². The first-order valence-electron chi connectivity index (χ1n) is 6.50. The van der Waals surface area contributed by atoms with Gasteiger partial charge in [-0.2, -0.15) is 0 Å². The molecule has 2 rings (SSSR count). The Balaban J connectivity index is 2.10. The third kappa shape index (κ3) is 3.28. The summed E-state index contributed by atoms with van der Waals surface area (Å²) in [6.45, 7) is 5.29. The number of aromatic nitrogens is 1. The third-order valence-electron chi connectivity index (χ3n) is 3.15. The summed E-state index contributed by atoms with van der Waals surface area (Å²) in [6.07, 6.45) is 2.66. The third-order valence-corrected chi connectivity index (χ3v) is 3.15. The quantitative estimate of drug-likeness (QED) is 0.848. The Kier molecular flexibility index (Phi) is 4.67. The van der Waals surface area contributed by atoms with Crippen LogP contribution in [0.4, 0.5) is 0 Å². The minimum atomic E-state index is 0.262. The topological polar surface area (TPSA) is 36.4 Å². The molecule has 1 aromatic heterocycles. The minimum absolute atomic E-state index is 0.262. The average Bonchev–Trinajstić information content (AvgIpc) is 2.43. The van der Waals surface area contributed by atoms with Gasteiger partial charge in [0.05, 0.1) is 5.52 Å². The van der Waals surface area contributed by atoms with Crippen molar-refractivity contribution in [2.24, 2.45) is 0 Å². The van der Waals surface area contributed by atoms with Gasteiger partial charge in [-0.15, -0.1) is 0 Å². The number of fused-ring (bicyclic) bond motifs is 1. The lowest BCUT2D eigenvalue weighted by atomic mass is 10.1. The SMILES string of the molecule is CCN(CCCO)Cc1ccc2ncccc2c1. The highest BCUT2D eigenvalue weighted by Crippen LogP contribution is 2.14. The van der Waals surface area contributed by atoms with Crippen LogP contribution in [0.25, 0.3) is 10.9 Å². The fourth-order valence-electron chi connectivity index (χ4n) is 2.12. The van der Waals surface area contributed by atoms with Gasteiger partial charge in [-0.3, -0.25) is 9.88 Å². The highest BCUT2D eigenvalue weighted by molar-refractivity contribution is 5.78. The number of benzene rings is 1. The first-order chi connectivity index (χ1) is 8.83. The highest BCUT2D eigenvalue weighted by Gasteiger charge is 2.04. The normalized spacial score (nSPS) is 11.3. The Hall–Kier alpha value is -1.45. The van der Waals surface area contributed by atoms with Gasteiger partial charge in [-0.1, -0.05) is 19.1 Å². The molecule has 1 aromatic carbocycles. The van der Waals surface area contributed by atoms with Crippen LogP contribution in [-0.2, 0) is 6.54 Å². The first-order valence-corrected chi connectivity index (χ1v) is 6.50. The number of aliphatic hydroxyl groups is 1. The maximum Gasteiger partial charge on any atom is 0.0702 e. The fourth-order valence-corrected chi connectivity index (χ4v) is 2.12. The van der Waals surface area contributed by atoms with Crippen molar-refractivity contribution >= 4 is 10.9 Å². The van der Waals surface area contributed by atoms with Crippen LogP contribution in [0.1, 0.15) is 18.9 Å². The van der Waals surface area contributed by atoms with E-state index >= 15 is 0 Å². The maximum absolute atomic E-state index is 8.88. The molecule has 0 bridgehead atoms. The van der Waals surface area contributed by atoms with Gasteiger partial charge in [-0.25, -0.2) is 0 Å². The summed E-state index contributed by atoms with van der Waals surface area (Å²) in [5.41, 5.74) is 2.34. The number of nitrogens with zero attached hydrogens (tertiary/aromatic N) is 2. The van der Waals surface area contributed by atoms with E-state index in [2.05, 4.69) is 41.1 Å². The van der Waals surface area contributed by atoms with E-state index < -0.39 is 0 Å². The van der Waals surface area contributed by atoms with E-state index in [4.69, 9.17) is 5.11 Å². The molecule has 1 heterocycles. The molecule has 0 aliphatic rings. The first kappa shape index (κ1) is 13.0. The summed E-state index contributed by atoms with van der Waals surface area (Å²) in [6, 6.07) is 10.5. The van der Waals surface area contributed by atoms with Gasteiger partial charge in [-0.05, 0) is 36.7 Å². The molecular formula is C15H20N2O. The molecule has 0 aliphatic carbocycles. The van der Waals surface area contributed by atoms with Crippen molar-refractivity contribution in [3.63, 3.8) is 0 Å². The molecule has 2 aromatic rings. The maximum atomic E-state index is 8.88. The second-order valence-corrected chi connectivity index (χ2v) is 4.48. The predicted octanol–water partition coefficient (Wildman–Crippen LogP) is 2.44.